The highest BCUT2D eigenvalue weighted by Crippen LogP contribution is 2.26. The molecule has 1 amide bonds. The minimum atomic E-state index is -0.0932. The Morgan fingerprint density at radius 2 is 1.85 bits per heavy atom. The number of hydrogen-bond donors (Lipinski definition) is 2. The molecule has 2 N–H and O–H groups in total. The molecule has 5 heteroatoms. The molecule has 0 aliphatic heterocycles. The van der Waals surface area contributed by atoms with Crippen LogP contribution in [-0.4, -0.2) is 23.7 Å². The van der Waals surface area contributed by atoms with Gasteiger partial charge in [0.2, 0.25) is 0 Å². The molecule has 138 valence electrons. The first-order valence-corrected chi connectivity index (χ1v) is 9.41. The lowest BCUT2D eigenvalue weighted by Gasteiger charge is -2.28. The predicted molar refractivity (Wildman–Crippen MR) is 102 cm³/mol. The molecule has 1 fully saturated rings. The highest BCUT2D eigenvalue weighted by atomic mass is 35.5. The number of phenols is 1. The number of halogens is 1. The molecule has 0 radical (unpaired) electrons. The minimum Gasteiger partial charge on any atom is -0.508 e. The van der Waals surface area contributed by atoms with E-state index in [-0.39, 0.29) is 17.8 Å². The highest BCUT2D eigenvalue weighted by molar-refractivity contribution is 6.30. The largest absolute Gasteiger partial charge is 0.508 e. The number of ether oxygens (including phenoxy) is 1. The molecule has 0 heterocycles. The van der Waals surface area contributed by atoms with E-state index in [1.54, 1.807) is 12.1 Å². The van der Waals surface area contributed by atoms with Crippen molar-refractivity contribution in [1.29, 1.82) is 0 Å². The molecule has 0 bridgehead atoms. The minimum absolute atomic E-state index is 0.0932. The van der Waals surface area contributed by atoms with Crippen LogP contribution in [0, 0.1) is 5.92 Å². The Kier molecular flexibility index (Phi) is 6.53. The Morgan fingerprint density at radius 3 is 2.54 bits per heavy atom. The van der Waals surface area contributed by atoms with Gasteiger partial charge in [-0.25, -0.2) is 0 Å². The van der Waals surface area contributed by atoms with Gasteiger partial charge in [-0.05, 0) is 73.6 Å². The lowest BCUT2D eigenvalue weighted by Crippen LogP contribution is -2.32. The maximum Gasteiger partial charge on any atom is 0.251 e. The highest BCUT2D eigenvalue weighted by Gasteiger charge is 2.22. The standard InChI is InChI=1S/C21H24ClNO3/c22-18-3-1-2-16(12-18)14-26-20-10-4-15(5-11-20)13-23-21(25)17-6-8-19(24)9-7-17/h1-3,6-9,12,15,20,24H,4-5,10-11,13-14H2,(H,23,25)/t15-,20+. The van der Waals surface area contributed by atoms with Crippen LogP contribution in [0.15, 0.2) is 48.5 Å². The summed E-state index contributed by atoms with van der Waals surface area (Å²) in [5.74, 6) is 0.559. The zero-order valence-electron chi connectivity index (χ0n) is 14.7. The average Bonchev–Trinajstić information content (AvgIpc) is 2.66. The molecule has 4 nitrogen and oxygen atoms in total. The summed E-state index contributed by atoms with van der Waals surface area (Å²) in [6.45, 7) is 1.27. The van der Waals surface area contributed by atoms with Crippen LogP contribution >= 0.6 is 11.6 Å². The molecule has 0 saturated heterocycles. The number of aromatic hydroxyl groups is 1. The number of phenolic OH excluding ortho intramolecular Hbond substituents is 1. The fraction of sp³-hybridized carbons (Fsp3) is 0.381. The van der Waals surface area contributed by atoms with Crippen LogP contribution in [0.3, 0.4) is 0 Å². The quantitative estimate of drug-likeness (QED) is 0.780. The number of hydrogen-bond acceptors (Lipinski definition) is 3. The topological polar surface area (TPSA) is 58.6 Å². The number of rotatable bonds is 6. The SMILES string of the molecule is O=C(NC[C@H]1CC[C@@H](OCc2cccc(Cl)c2)CC1)c1ccc(O)cc1. The molecule has 1 aliphatic rings. The van der Waals surface area contributed by atoms with Gasteiger partial charge in [0.15, 0.2) is 0 Å². The van der Waals surface area contributed by atoms with Crippen LogP contribution in [0.4, 0.5) is 0 Å². The first-order valence-electron chi connectivity index (χ1n) is 9.03. The predicted octanol–water partition coefficient (Wildman–Crippen LogP) is 4.55. The van der Waals surface area contributed by atoms with Gasteiger partial charge in [0, 0.05) is 17.1 Å². The Labute approximate surface area is 159 Å². The van der Waals surface area contributed by atoms with Gasteiger partial charge in [0.1, 0.15) is 5.75 Å². The third-order valence-electron chi connectivity index (χ3n) is 4.85. The monoisotopic (exact) mass is 373 g/mol. The number of benzene rings is 2. The lowest BCUT2D eigenvalue weighted by molar-refractivity contribution is 0.00731. The molecule has 1 saturated carbocycles. The summed E-state index contributed by atoms with van der Waals surface area (Å²) in [6, 6.07) is 14.1. The summed E-state index contributed by atoms with van der Waals surface area (Å²) < 4.78 is 6.01. The summed E-state index contributed by atoms with van der Waals surface area (Å²) >= 11 is 6.00. The van der Waals surface area contributed by atoms with Gasteiger partial charge in [-0.1, -0.05) is 23.7 Å². The van der Waals surface area contributed by atoms with E-state index in [2.05, 4.69) is 5.32 Å². The van der Waals surface area contributed by atoms with Crippen molar-refractivity contribution in [2.45, 2.75) is 38.4 Å². The summed E-state index contributed by atoms with van der Waals surface area (Å²) in [7, 11) is 0. The van der Waals surface area contributed by atoms with Gasteiger partial charge in [-0.15, -0.1) is 0 Å². The summed E-state index contributed by atoms with van der Waals surface area (Å²) in [4.78, 5) is 12.1. The van der Waals surface area contributed by atoms with Gasteiger partial charge >= 0.3 is 0 Å². The molecule has 26 heavy (non-hydrogen) atoms. The third-order valence-corrected chi connectivity index (χ3v) is 5.08. The van der Waals surface area contributed by atoms with E-state index in [4.69, 9.17) is 16.3 Å². The molecule has 0 unspecified atom stereocenters. The molecule has 0 spiro atoms. The molecule has 2 aromatic rings. The van der Waals surface area contributed by atoms with E-state index >= 15 is 0 Å². The number of nitrogens with one attached hydrogen (secondary N) is 1. The van der Waals surface area contributed by atoms with Gasteiger partial charge in [-0.3, -0.25) is 4.79 Å². The van der Waals surface area contributed by atoms with Gasteiger partial charge < -0.3 is 15.2 Å². The summed E-state index contributed by atoms with van der Waals surface area (Å²) in [5, 5.41) is 13.0. The number of carbonyl (C=O) groups is 1. The Bertz CT molecular complexity index is 724. The van der Waals surface area contributed by atoms with E-state index in [0.29, 0.717) is 24.6 Å². The van der Waals surface area contributed by atoms with Crippen molar-refractivity contribution in [2.24, 2.45) is 5.92 Å². The number of amides is 1. The first kappa shape index (κ1) is 18.7. The van der Waals surface area contributed by atoms with Crippen molar-refractivity contribution in [1.82, 2.24) is 5.32 Å². The molecule has 0 atom stereocenters. The second-order valence-electron chi connectivity index (χ2n) is 6.84. The second-order valence-corrected chi connectivity index (χ2v) is 7.28. The molecule has 3 rings (SSSR count). The molecular formula is C21H24ClNO3. The van der Waals surface area contributed by atoms with Crippen LogP contribution in [-0.2, 0) is 11.3 Å². The van der Waals surface area contributed by atoms with Crippen molar-refractivity contribution in [3.05, 3.63) is 64.7 Å². The zero-order chi connectivity index (χ0) is 18.4. The van der Waals surface area contributed by atoms with Crippen molar-refractivity contribution in [3.63, 3.8) is 0 Å². The van der Waals surface area contributed by atoms with Gasteiger partial charge in [0.05, 0.1) is 12.7 Å². The third kappa shape index (κ3) is 5.48. The lowest BCUT2D eigenvalue weighted by atomic mass is 9.87. The van der Waals surface area contributed by atoms with Crippen molar-refractivity contribution < 1.29 is 14.6 Å². The normalized spacial score (nSPS) is 19.9. The fourth-order valence-corrected chi connectivity index (χ4v) is 3.51. The van der Waals surface area contributed by atoms with Crippen LogP contribution in [0.1, 0.15) is 41.6 Å². The summed E-state index contributed by atoms with van der Waals surface area (Å²) in [5.41, 5.74) is 1.67. The van der Waals surface area contributed by atoms with E-state index in [0.717, 1.165) is 36.3 Å². The zero-order valence-corrected chi connectivity index (χ0v) is 15.4. The summed E-state index contributed by atoms with van der Waals surface area (Å²) in [6.07, 6.45) is 4.41. The van der Waals surface area contributed by atoms with Crippen LogP contribution in [0.2, 0.25) is 5.02 Å². The maximum atomic E-state index is 12.1. The number of carbonyl (C=O) groups excluding carboxylic acids is 1. The first-order chi connectivity index (χ1) is 12.6. The fourth-order valence-electron chi connectivity index (χ4n) is 3.30. The Morgan fingerprint density at radius 1 is 1.12 bits per heavy atom. The molecule has 0 aromatic heterocycles. The smallest absolute Gasteiger partial charge is 0.251 e. The van der Waals surface area contributed by atoms with Crippen LogP contribution in [0.25, 0.3) is 0 Å². The van der Waals surface area contributed by atoms with E-state index in [9.17, 15) is 9.90 Å². The second kappa shape index (κ2) is 9.06. The average molecular weight is 374 g/mol. The molecule has 2 aromatic carbocycles. The molecule has 1 aliphatic carbocycles. The van der Waals surface area contributed by atoms with Gasteiger partial charge in [0.25, 0.3) is 5.91 Å². The van der Waals surface area contributed by atoms with Crippen molar-refractivity contribution in [3.8, 4) is 5.75 Å². The van der Waals surface area contributed by atoms with Crippen molar-refractivity contribution >= 4 is 17.5 Å². The van der Waals surface area contributed by atoms with Crippen molar-refractivity contribution in [2.75, 3.05) is 6.54 Å². The van der Waals surface area contributed by atoms with Crippen LogP contribution < -0.4 is 5.32 Å². The Hall–Kier alpha value is -2.04. The maximum absolute atomic E-state index is 12.1. The van der Waals surface area contributed by atoms with Gasteiger partial charge in [-0.2, -0.15) is 0 Å². The Balaban J connectivity index is 1.37. The molecular weight excluding hydrogens is 350 g/mol. The van der Waals surface area contributed by atoms with Crippen LogP contribution in [0.5, 0.6) is 5.75 Å². The van der Waals surface area contributed by atoms with E-state index < -0.39 is 0 Å². The van der Waals surface area contributed by atoms with E-state index in [1.807, 2.05) is 24.3 Å². The van der Waals surface area contributed by atoms with E-state index in [1.165, 1.54) is 12.1 Å².